The Balaban J connectivity index is 1.55. The van der Waals surface area contributed by atoms with Crippen molar-refractivity contribution >= 4 is 50.4 Å². The van der Waals surface area contributed by atoms with E-state index in [1.165, 1.54) is 11.3 Å². The summed E-state index contributed by atoms with van der Waals surface area (Å²) in [4.78, 5) is 28.1. The van der Waals surface area contributed by atoms with Gasteiger partial charge in [0.2, 0.25) is 11.3 Å². The first-order chi connectivity index (χ1) is 17.1. The number of anilines is 1. The van der Waals surface area contributed by atoms with Gasteiger partial charge in [0.25, 0.3) is 11.7 Å². The quantitative estimate of drug-likeness (QED) is 0.305. The number of nitrogen functional groups attached to an aromatic ring is 1. The third kappa shape index (κ3) is 2.82. The van der Waals surface area contributed by atoms with E-state index in [1.807, 2.05) is 45.0 Å². The monoisotopic (exact) mass is 518 g/mol. The first kappa shape index (κ1) is 23.0. The highest BCUT2D eigenvalue weighted by molar-refractivity contribution is 7.21. The maximum absolute atomic E-state index is 14.1. The van der Waals surface area contributed by atoms with E-state index >= 15 is 0 Å². The third-order valence-electron chi connectivity index (χ3n) is 7.16. The lowest BCUT2D eigenvalue weighted by Gasteiger charge is -2.34. The molecule has 0 radical (unpaired) electrons. The second kappa shape index (κ2) is 7.56. The largest absolute Gasteiger partial charge is 0.454 e. The van der Waals surface area contributed by atoms with E-state index in [0.717, 1.165) is 21.2 Å². The Morgan fingerprint density at radius 1 is 1.14 bits per heavy atom. The zero-order valence-corrected chi connectivity index (χ0v) is 21.4. The molecular formula is C28H23ClN2O4S. The smallest absolute Gasteiger partial charge is 0.271 e. The van der Waals surface area contributed by atoms with Gasteiger partial charge in [0, 0.05) is 26.9 Å². The number of fused-ring (bicyclic) bond motifs is 6. The minimum atomic E-state index is -2.18. The molecule has 0 bridgehead atoms. The number of Topliss-reactive ketones (excluding diaryl/α,β-unsaturated/α-hetero) is 1. The molecule has 0 saturated heterocycles. The van der Waals surface area contributed by atoms with Crippen LogP contribution in [-0.2, 0) is 11.3 Å². The molecule has 2 heterocycles. The second-order valence-electron chi connectivity index (χ2n) is 9.70. The molecule has 2 aliphatic rings. The number of amides is 1. The number of aliphatic hydroxyl groups is 1. The fourth-order valence-corrected chi connectivity index (χ4v) is 6.80. The van der Waals surface area contributed by atoms with Crippen molar-refractivity contribution in [3.8, 4) is 5.75 Å². The molecule has 8 heteroatoms. The Morgan fingerprint density at radius 3 is 2.67 bits per heavy atom. The number of nitrogens with one attached hydrogen (secondary N) is 1. The highest BCUT2D eigenvalue weighted by atomic mass is 35.5. The van der Waals surface area contributed by atoms with Crippen LogP contribution in [0.25, 0.3) is 10.1 Å². The molecule has 6 nitrogen and oxygen atoms in total. The first-order valence-corrected chi connectivity index (χ1v) is 12.8. The van der Waals surface area contributed by atoms with Gasteiger partial charge >= 0.3 is 0 Å². The van der Waals surface area contributed by atoms with Gasteiger partial charge < -0.3 is 20.9 Å². The van der Waals surface area contributed by atoms with Gasteiger partial charge in [-0.2, -0.15) is 0 Å². The van der Waals surface area contributed by atoms with Crippen LogP contribution in [0, 0.1) is 6.92 Å². The molecule has 1 aliphatic heterocycles. The summed E-state index contributed by atoms with van der Waals surface area (Å²) in [6.07, 6.45) is 0. The van der Waals surface area contributed by atoms with Crippen molar-refractivity contribution in [1.82, 2.24) is 5.32 Å². The molecule has 6 rings (SSSR count). The van der Waals surface area contributed by atoms with Crippen molar-refractivity contribution in [2.24, 2.45) is 0 Å². The standard InChI is InChI=1S/C28H23ClN2O4S/c1-13(2)15-8-10-17-20(12-15)35-28(34)18-5-4-6-19(30)22(18)25(32)27(17,28)31-26(33)24-23(29)16-9-7-14(3)11-21(16)36-24/h4-13,34H,30H2,1-3H3,(H,31,33). The van der Waals surface area contributed by atoms with E-state index in [2.05, 4.69) is 5.32 Å². The van der Waals surface area contributed by atoms with Crippen LogP contribution >= 0.6 is 22.9 Å². The maximum Gasteiger partial charge on any atom is 0.271 e. The Bertz CT molecular complexity index is 1630. The molecule has 3 aromatic carbocycles. The van der Waals surface area contributed by atoms with E-state index in [-0.39, 0.29) is 27.6 Å². The number of halogens is 1. The van der Waals surface area contributed by atoms with E-state index in [9.17, 15) is 14.7 Å². The highest BCUT2D eigenvalue weighted by Gasteiger charge is 2.72. The molecule has 4 N–H and O–H groups in total. The molecule has 36 heavy (non-hydrogen) atoms. The Labute approximate surface area is 216 Å². The molecule has 1 aliphatic carbocycles. The summed E-state index contributed by atoms with van der Waals surface area (Å²) in [7, 11) is 0. The topological polar surface area (TPSA) is 102 Å². The van der Waals surface area contributed by atoms with Crippen molar-refractivity contribution < 1.29 is 19.4 Å². The van der Waals surface area contributed by atoms with Gasteiger partial charge in [-0.1, -0.05) is 61.8 Å². The summed E-state index contributed by atoms with van der Waals surface area (Å²) in [5, 5.41) is 16.0. The average Bonchev–Trinajstić information content (AvgIpc) is 3.36. The number of ketones is 1. The molecule has 0 saturated carbocycles. The van der Waals surface area contributed by atoms with Crippen LogP contribution in [0.4, 0.5) is 5.69 Å². The summed E-state index contributed by atoms with van der Waals surface area (Å²) < 4.78 is 7.00. The normalized spacial score (nSPS) is 21.9. The summed E-state index contributed by atoms with van der Waals surface area (Å²) in [5.41, 5.74) is 7.19. The van der Waals surface area contributed by atoms with Gasteiger partial charge in [0.1, 0.15) is 10.6 Å². The summed E-state index contributed by atoms with van der Waals surface area (Å²) in [6, 6.07) is 16.0. The number of carbonyl (C=O) groups excluding carboxylic acids is 2. The molecule has 2 atom stereocenters. The average molecular weight is 519 g/mol. The second-order valence-corrected chi connectivity index (χ2v) is 11.1. The first-order valence-electron chi connectivity index (χ1n) is 11.6. The number of hydrogen-bond donors (Lipinski definition) is 3. The zero-order valence-electron chi connectivity index (χ0n) is 19.8. The molecule has 0 fully saturated rings. The molecule has 0 spiro atoms. The number of benzene rings is 3. The molecule has 1 aromatic heterocycles. The van der Waals surface area contributed by atoms with Crippen molar-refractivity contribution in [3.63, 3.8) is 0 Å². The Morgan fingerprint density at radius 2 is 1.92 bits per heavy atom. The lowest BCUT2D eigenvalue weighted by molar-refractivity contribution is -0.169. The number of rotatable bonds is 3. The van der Waals surface area contributed by atoms with Crippen LogP contribution in [0.2, 0.25) is 5.02 Å². The van der Waals surface area contributed by atoms with E-state index in [1.54, 1.807) is 30.3 Å². The highest BCUT2D eigenvalue weighted by Crippen LogP contribution is 2.59. The van der Waals surface area contributed by atoms with Crippen molar-refractivity contribution in [1.29, 1.82) is 0 Å². The van der Waals surface area contributed by atoms with Crippen molar-refractivity contribution in [2.75, 3.05) is 5.73 Å². The van der Waals surface area contributed by atoms with Gasteiger partial charge in [-0.25, -0.2) is 0 Å². The number of hydrogen-bond acceptors (Lipinski definition) is 6. The number of nitrogens with two attached hydrogens (primary N) is 1. The van der Waals surface area contributed by atoms with Crippen LogP contribution in [0.1, 0.15) is 62.0 Å². The Kier molecular flexibility index (Phi) is 4.83. The number of thiophene rings is 1. The van der Waals surface area contributed by atoms with E-state index in [4.69, 9.17) is 22.1 Å². The summed E-state index contributed by atoms with van der Waals surface area (Å²) >= 11 is 7.86. The van der Waals surface area contributed by atoms with Gasteiger partial charge in [0.05, 0.1) is 10.6 Å². The number of aryl methyl sites for hydroxylation is 1. The SMILES string of the molecule is Cc1ccc2c(Cl)c(C(=O)NC34C(=O)c5c(N)cccc5C3(O)Oc3cc(C(C)C)ccc34)sc2c1. The molecule has 2 unspecified atom stereocenters. The molecule has 182 valence electrons. The molecule has 1 amide bonds. The summed E-state index contributed by atoms with van der Waals surface area (Å²) in [6.45, 7) is 6.04. The lowest BCUT2D eigenvalue weighted by atomic mass is 9.82. The van der Waals surface area contributed by atoms with Crippen molar-refractivity contribution in [2.45, 2.75) is 38.0 Å². The summed E-state index contributed by atoms with van der Waals surface area (Å²) in [5.74, 6) is -2.76. The van der Waals surface area contributed by atoms with Crippen LogP contribution in [0.3, 0.4) is 0 Å². The fraction of sp³-hybridized carbons (Fsp3) is 0.214. The van der Waals surface area contributed by atoms with Crippen molar-refractivity contribution in [3.05, 3.63) is 92.3 Å². The van der Waals surface area contributed by atoms with Gasteiger partial charge in [0.15, 0.2) is 0 Å². The maximum atomic E-state index is 14.1. The van der Waals surface area contributed by atoms with Crippen LogP contribution in [-0.4, -0.2) is 16.8 Å². The number of carbonyl (C=O) groups is 2. The fourth-order valence-electron chi connectivity index (χ4n) is 5.29. The minimum absolute atomic E-state index is 0.136. The molecular weight excluding hydrogens is 496 g/mol. The molecule has 4 aromatic rings. The van der Waals surface area contributed by atoms with E-state index in [0.29, 0.717) is 16.3 Å². The lowest BCUT2D eigenvalue weighted by Crippen LogP contribution is -2.60. The van der Waals surface area contributed by atoms with E-state index < -0.39 is 23.0 Å². The Hall–Kier alpha value is -3.39. The third-order valence-corrected chi connectivity index (χ3v) is 8.82. The van der Waals surface area contributed by atoms with Crippen LogP contribution in [0.5, 0.6) is 5.75 Å². The predicted octanol–water partition coefficient (Wildman–Crippen LogP) is 5.63. The number of ether oxygens (including phenoxy) is 1. The van der Waals surface area contributed by atoms with Gasteiger partial charge in [-0.15, -0.1) is 11.3 Å². The van der Waals surface area contributed by atoms with Crippen LogP contribution in [0.15, 0.2) is 54.6 Å². The van der Waals surface area contributed by atoms with Gasteiger partial charge in [-0.3, -0.25) is 9.59 Å². The minimum Gasteiger partial charge on any atom is -0.454 e. The zero-order chi connectivity index (χ0) is 25.6. The predicted molar refractivity (Wildman–Crippen MR) is 141 cm³/mol. The van der Waals surface area contributed by atoms with Gasteiger partial charge in [-0.05, 0) is 42.2 Å². The van der Waals surface area contributed by atoms with Crippen LogP contribution < -0.4 is 15.8 Å².